The van der Waals surface area contributed by atoms with Crippen LogP contribution in [-0.4, -0.2) is 42.8 Å². The van der Waals surface area contributed by atoms with Crippen molar-refractivity contribution in [3.05, 3.63) is 46.4 Å². The molecular weight excluding hydrogens is 328 g/mol. The van der Waals surface area contributed by atoms with Crippen molar-refractivity contribution in [2.75, 3.05) is 27.1 Å². The summed E-state index contributed by atoms with van der Waals surface area (Å²) in [4.78, 5) is 18.4. The van der Waals surface area contributed by atoms with Gasteiger partial charge in [-0.25, -0.2) is 4.98 Å². The van der Waals surface area contributed by atoms with Crippen LogP contribution in [0.1, 0.15) is 11.3 Å². The molecule has 0 saturated carbocycles. The van der Waals surface area contributed by atoms with Crippen molar-refractivity contribution < 1.29 is 19.0 Å². The van der Waals surface area contributed by atoms with E-state index in [1.165, 1.54) is 17.4 Å². The minimum Gasteiger partial charge on any atom is -0.454 e. The Morgan fingerprint density at radius 2 is 2.29 bits per heavy atom. The number of aromatic nitrogens is 1. The molecule has 1 aliphatic heterocycles. The highest BCUT2D eigenvalue weighted by atomic mass is 32.1. The summed E-state index contributed by atoms with van der Waals surface area (Å²) in [5, 5.41) is 1.89. The van der Waals surface area contributed by atoms with E-state index in [9.17, 15) is 4.79 Å². The molecule has 0 aliphatic carbocycles. The predicted molar refractivity (Wildman–Crippen MR) is 91.0 cm³/mol. The molecule has 0 saturated heterocycles. The third-order valence-electron chi connectivity index (χ3n) is 3.54. The second-order valence-electron chi connectivity index (χ2n) is 5.19. The topological polar surface area (TPSA) is 60.9 Å². The molecule has 0 atom stereocenters. The largest absolute Gasteiger partial charge is 0.454 e. The average molecular weight is 346 g/mol. The van der Waals surface area contributed by atoms with Crippen LogP contribution in [-0.2, 0) is 16.1 Å². The number of hydrogen-bond acceptors (Lipinski definition) is 6. The molecule has 0 fully saturated rings. The number of nitrogens with zero attached hydrogens (tertiary/aromatic N) is 2. The number of hydrogen-bond donors (Lipinski definition) is 0. The van der Waals surface area contributed by atoms with Crippen LogP contribution in [0.5, 0.6) is 11.5 Å². The van der Waals surface area contributed by atoms with E-state index in [4.69, 9.17) is 14.2 Å². The van der Waals surface area contributed by atoms with Gasteiger partial charge in [-0.3, -0.25) is 4.79 Å². The molecule has 6 nitrogen and oxygen atoms in total. The van der Waals surface area contributed by atoms with Crippen molar-refractivity contribution in [2.45, 2.75) is 6.54 Å². The molecule has 2 heterocycles. The predicted octanol–water partition coefficient (Wildman–Crippen LogP) is 2.56. The Bertz CT molecular complexity index is 715. The number of benzene rings is 1. The van der Waals surface area contributed by atoms with Gasteiger partial charge in [-0.2, -0.15) is 0 Å². The fourth-order valence-corrected chi connectivity index (χ4v) is 2.82. The first kappa shape index (κ1) is 16.5. The quantitative estimate of drug-likeness (QED) is 0.721. The minimum atomic E-state index is -0.0854. The van der Waals surface area contributed by atoms with E-state index in [-0.39, 0.29) is 12.7 Å². The number of methoxy groups -OCH3 is 1. The Kier molecular flexibility index (Phi) is 5.45. The van der Waals surface area contributed by atoms with E-state index in [1.807, 2.05) is 23.6 Å². The highest BCUT2D eigenvalue weighted by Crippen LogP contribution is 2.32. The summed E-state index contributed by atoms with van der Waals surface area (Å²) in [7, 11) is 1.62. The maximum Gasteiger partial charge on any atom is 0.247 e. The Hall–Kier alpha value is -2.38. The second-order valence-corrected chi connectivity index (χ2v) is 5.91. The zero-order chi connectivity index (χ0) is 16.8. The van der Waals surface area contributed by atoms with Crippen LogP contribution in [0.3, 0.4) is 0 Å². The van der Waals surface area contributed by atoms with Crippen molar-refractivity contribution in [3.8, 4) is 11.5 Å². The van der Waals surface area contributed by atoms with Gasteiger partial charge in [0.25, 0.3) is 0 Å². The molecule has 0 spiro atoms. The number of rotatable bonds is 7. The number of carbonyl (C=O) groups excluding carboxylic acids is 1. The van der Waals surface area contributed by atoms with Crippen LogP contribution in [0.2, 0.25) is 0 Å². The summed E-state index contributed by atoms with van der Waals surface area (Å²) in [5.41, 5.74) is 3.49. The van der Waals surface area contributed by atoms with Crippen molar-refractivity contribution in [1.82, 2.24) is 9.88 Å². The maximum atomic E-state index is 12.5. The van der Waals surface area contributed by atoms with Gasteiger partial charge < -0.3 is 19.1 Å². The Balaban J connectivity index is 1.69. The van der Waals surface area contributed by atoms with Crippen LogP contribution in [0.25, 0.3) is 6.08 Å². The summed E-state index contributed by atoms with van der Waals surface area (Å²) in [6.45, 7) is 1.69. The van der Waals surface area contributed by atoms with Crippen LogP contribution in [0, 0.1) is 0 Å². The molecule has 0 N–H and O–H groups in total. The molecule has 3 rings (SSSR count). The van der Waals surface area contributed by atoms with Crippen LogP contribution < -0.4 is 9.47 Å². The monoisotopic (exact) mass is 346 g/mol. The molecule has 1 aromatic heterocycles. The first-order valence-corrected chi connectivity index (χ1v) is 8.43. The summed E-state index contributed by atoms with van der Waals surface area (Å²) in [6, 6.07) is 5.70. The average Bonchev–Trinajstić information content (AvgIpc) is 3.27. The molecule has 0 bridgehead atoms. The van der Waals surface area contributed by atoms with Gasteiger partial charge in [0.05, 0.1) is 17.8 Å². The fourth-order valence-electron chi connectivity index (χ4n) is 2.29. The molecule has 126 valence electrons. The number of thiazole rings is 1. The van der Waals surface area contributed by atoms with Crippen molar-refractivity contribution >= 4 is 23.3 Å². The summed E-state index contributed by atoms with van der Waals surface area (Å²) < 4.78 is 15.8. The van der Waals surface area contributed by atoms with Crippen LogP contribution in [0.15, 0.2) is 35.2 Å². The number of fused-ring (bicyclic) bond motifs is 1. The third-order valence-corrected chi connectivity index (χ3v) is 4.14. The van der Waals surface area contributed by atoms with E-state index >= 15 is 0 Å². The molecule has 7 heteroatoms. The van der Waals surface area contributed by atoms with Crippen LogP contribution in [0.4, 0.5) is 0 Å². The summed E-state index contributed by atoms with van der Waals surface area (Å²) in [5.74, 6) is 1.36. The first-order valence-electron chi connectivity index (χ1n) is 7.49. The Labute approximate surface area is 144 Å². The lowest BCUT2D eigenvalue weighted by molar-refractivity contribution is -0.127. The molecule has 24 heavy (non-hydrogen) atoms. The minimum absolute atomic E-state index is 0.0854. The first-order chi connectivity index (χ1) is 11.8. The smallest absolute Gasteiger partial charge is 0.247 e. The zero-order valence-corrected chi connectivity index (χ0v) is 14.1. The van der Waals surface area contributed by atoms with Gasteiger partial charge in [0.1, 0.15) is 0 Å². The second kappa shape index (κ2) is 7.94. The molecular formula is C17H18N2O4S. The maximum absolute atomic E-state index is 12.5. The van der Waals surface area contributed by atoms with E-state index in [2.05, 4.69) is 4.98 Å². The van der Waals surface area contributed by atoms with Gasteiger partial charge in [-0.05, 0) is 23.8 Å². The number of amides is 1. The Morgan fingerprint density at radius 3 is 3.08 bits per heavy atom. The van der Waals surface area contributed by atoms with Gasteiger partial charge in [-0.1, -0.05) is 6.07 Å². The Morgan fingerprint density at radius 1 is 1.42 bits per heavy atom. The summed E-state index contributed by atoms with van der Waals surface area (Å²) >= 11 is 1.49. The lowest BCUT2D eigenvalue weighted by Gasteiger charge is -2.21. The normalized spacial score (nSPS) is 12.7. The standard InChI is InChI=1S/C17H18N2O4S/c1-21-7-6-19(17(20)5-3-14-10-24-11-18-14)9-13-2-4-15-16(8-13)23-12-22-15/h2-5,8,10-11H,6-7,9,12H2,1H3/b5-3-. The van der Waals surface area contributed by atoms with Crippen molar-refractivity contribution in [1.29, 1.82) is 0 Å². The van der Waals surface area contributed by atoms with E-state index < -0.39 is 0 Å². The highest BCUT2D eigenvalue weighted by molar-refractivity contribution is 7.07. The van der Waals surface area contributed by atoms with Gasteiger partial charge in [0, 0.05) is 31.7 Å². The number of ether oxygens (including phenoxy) is 3. The summed E-state index contributed by atoms with van der Waals surface area (Å²) in [6.07, 6.45) is 3.26. The highest BCUT2D eigenvalue weighted by Gasteiger charge is 2.16. The molecule has 1 amide bonds. The lowest BCUT2D eigenvalue weighted by Crippen LogP contribution is -2.32. The molecule has 2 aromatic rings. The molecule has 0 unspecified atom stereocenters. The lowest BCUT2D eigenvalue weighted by atomic mass is 10.2. The molecule has 1 aromatic carbocycles. The van der Waals surface area contributed by atoms with E-state index in [1.54, 1.807) is 23.6 Å². The zero-order valence-electron chi connectivity index (χ0n) is 13.3. The van der Waals surface area contributed by atoms with Crippen LogP contribution >= 0.6 is 11.3 Å². The van der Waals surface area contributed by atoms with Crippen molar-refractivity contribution in [3.63, 3.8) is 0 Å². The van der Waals surface area contributed by atoms with Gasteiger partial charge in [-0.15, -0.1) is 11.3 Å². The van der Waals surface area contributed by atoms with E-state index in [0.717, 1.165) is 17.0 Å². The van der Waals surface area contributed by atoms with Gasteiger partial charge >= 0.3 is 0 Å². The van der Waals surface area contributed by atoms with Gasteiger partial charge in [0.15, 0.2) is 11.5 Å². The van der Waals surface area contributed by atoms with Gasteiger partial charge in [0.2, 0.25) is 12.7 Å². The molecule has 0 radical (unpaired) electrons. The van der Waals surface area contributed by atoms with Crippen molar-refractivity contribution in [2.24, 2.45) is 0 Å². The van der Waals surface area contributed by atoms with E-state index in [0.29, 0.717) is 25.4 Å². The molecule has 1 aliphatic rings. The third kappa shape index (κ3) is 4.12. The SMILES string of the molecule is COCCN(Cc1ccc2c(c1)OCO2)C(=O)/C=C\c1cscn1. The fraction of sp³-hybridized carbons (Fsp3) is 0.294. The number of carbonyl (C=O) groups is 1.